The lowest BCUT2D eigenvalue weighted by atomic mass is 10.2. The Morgan fingerprint density at radius 3 is 2.52 bits per heavy atom. The van der Waals surface area contributed by atoms with Crippen molar-refractivity contribution in [3.63, 3.8) is 0 Å². The molecule has 7 heteroatoms. The summed E-state index contributed by atoms with van der Waals surface area (Å²) in [6.07, 6.45) is 0.493. The van der Waals surface area contributed by atoms with Crippen LogP contribution in [-0.2, 0) is 11.3 Å². The van der Waals surface area contributed by atoms with Gasteiger partial charge in [-0.2, -0.15) is 0 Å². The van der Waals surface area contributed by atoms with Gasteiger partial charge >= 0.3 is 12.0 Å². The van der Waals surface area contributed by atoms with E-state index in [1.165, 1.54) is 0 Å². The Labute approximate surface area is 124 Å². The van der Waals surface area contributed by atoms with Crippen LogP contribution in [0.1, 0.15) is 43.7 Å². The minimum atomic E-state index is -0.852. The average Bonchev–Trinajstić information content (AvgIpc) is 2.71. The van der Waals surface area contributed by atoms with Crippen LogP contribution in [0.5, 0.6) is 0 Å². The number of aliphatic carboxylic acids is 1. The van der Waals surface area contributed by atoms with Gasteiger partial charge in [0.25, 0.3) is 0 Å². The predicted octanol–water partition coefficient (Wildman–Crippen LogP) is 2.08. The summed E-state index contributed by atoms with van der Waals surface area (Å²) >= 11 is 0. The van der Waals surface area contributed by atoms with E-state index in [4.69, 9.17) is 9.63 Å². The zero-order chi connectivity index (χ0) is 16.0. The fourth-order valence-corrected chi connectivity index (χ4v) is 2.01. The van der Waals surface area contributed by atoms with Gasteiger partial charge in [-0.1, -0.05) is 5.16 Å². The summed E-state index contributed by atoms with van der Waals surface area (Å²) in [5.41, 5.74) is 1.63. The number of nitrogens with one attached hydrogen (secondary N) is 1. The van der Waals surface area contributed by atoms with E-state index in [1.807, 2.05) is 20.8 Å². The molecular weight excluding hydrogens is 274 g/mol. The van der Waals surface area contributed by atoms with E-state index in [9.17, 15) is 9.59 Å². The molecule has 0 aliphatic heterocycles. The first-order chi connectivity index (χ1) is 9.82. The molecule has 0 fully saturated rings. The van der Waals surface area contributed by atoms with E-state index >= 15 is 0 Å². The number of aryl methyl sites for hydroxylation is 2. The molecule has 7 nitrogen and oxygen atoms in total. The zero-order valence-corrected chi connectivity index (χ0v) is 13.0. The van der Waals surface area contributed by atoms with Crippen molar-refractivity contribution in [1.29, 1.82) is 0 Å². The molecule has 0 spiro atoms. The maximum atomic E-state index is 12.2. The topological polar surface area (TPSA) is 95.7 Å². The van der Waals surface area contributed by atoms with E-state index in [2.05, 4.69) is 10.5 Å². The number of nitrogens with zero attached hydrogens (tertiary/aromatic N) is 2. The molecule has 0 unspecified atom stereocenters. The predicted molar refractivity (Wildman–Crippen MR) is 76.9 cm³/mol. The molecule has 0 saturated heterocycles. The van der Waals surface area contributed by atoms with Crippen LogP contribution in [-0.4, -0.2) is 39.8 Å². The second kappa shape index (κ2) is 7.66. The van der Waals surface area contributed by atoms with Gasteiger partial charge in [0.1, 0.15) is 5.76 Å². The summed E-state index contributed by atoms with van der Waals surface area (Å²) < 4.78 is 5.05. The van der Waals surface area contributed by atoms with E-state index in [-0.39, 0.29) is 18.5 Å². The van der Waals surface area contributed by atoms with Crippen LogP contribution < -0.4 is 5.32 Å². The molecule has 2 amide bonds. The number of carbonyl (C=O) groups excluding carboxylic acids is 1. The molecule has 0 aromatic carbocycles. The van der Waals surface area contributed by atoms with Crippen molar-refractivity contribution in [3.8, 4) is 0 Å². The van der Waals surface area contributed by atoms with Crippen molar-refractivity contribution in [1.82, 2.24) is 15.4 Å². The third-order valence-corrected chi connectivity index (χ3v) is 3.27. The summed E-state index contributed by atoms with van der Waals surface area (Å²) in [4.78, 5) is 24.4. The summed E-state index contributed by atoms with van der Waals surface area (Å²) in [6.45, 7) is 8.19. The van der Waals surface area contributed by atoms with Crippen molar-refractivity contribution in [3.05, 3.63) is 17.0 Å². The highest BCUT2D eigenvalue weighted by molar-refractivity contribution is 5.74. The van der Waals surface area contributed by atoms with E-state index in [0.29, 0.717) is 25.3 Å². The van der Waals surface area contributed by atoms with Gasteiger partial charge in [-0.3, -0.25) is 4.79 Å². The number of amides is 2. The molecule has 1 heterocycles. The lowest BCUT2D eigenvalue weighted by Gasteiger charge is -2.26. The van der Waals surface area contributed by atoms with Crippen LogP contribution in [0.3, 0.4) is 0 Å². The first-order valence-electron chi connectivity index (χ1n) is 7.01. The largest absolute Gasteiger partial charge is 0.481 e. The molecule has 0 aliphatic rings. The lowest BCUT2D eigenvalue weighted by molar-refractivity contribution is -0.137. The number of carboxylic acid groups (broad SMARTS) is 1. The number of carboxylic acids is 1. The number of hydrogen-bond acceptors (Lipinski definition) is 4. The maximum Gasteiger partial charge on any atom is 0.317 e. The summed E-state index contributed by atoms with van der Waals surface area (Å²) in [5, 5.41) is 15.3. The molecule has 21 heavy (non-hydrogen) atoms. The number of hydrogen-bond donors (Lipinski definition) is 2. The van der Waals surface area contributed by atoms with Crippen LogP contribution >= 0.6 is 0 Å². The number of carbonyl (C=O) groups is 2. The Kier molecular flexibility index (Phi) is 6.20. The Bertz CT molecular complexity index is 477. The van der Waals surface area contributed by atoms with Crippen LogP contribution in [0.25, 0.3) is 0 Å². The summed E-state index contributed by atoms with van der Waals surface area (Å²) in [7, 11) is 0. The second-order valence-electron chi connectivity index (χ2n) is 5.25. The van der Waals surface area contributed by atoms with Crippen LogP contribution in [0.2, 0.25) is 0 Å². The molecule has 0 saturated carbocycles. The highest BCUT2D eigenvalue weighted by Gasteiger charge is 2.18. The SMILES string of the molecule is Cc1noc(C)c1CNC(=O)N(CCCC(=O)O)C(C)C. The fourth-order valence-electron chi connectivity index (χ4n) is 2.01. The van der Waals surface area contributed by atoms with Gasteiger partial charge in [0, 0.05) is 31.1 Å². The molecule has 118 valence electrons. The molecule has 0 aliphatic carbocycles. The van der Waals surface area contributed by atoms with E-state index in [0.717, 1.165) is 11.3 Å². The second-order valence-corrected chi connectivity index (χ2v) is 5.25. The van der Waals surface area contributed by atoms with E-state index < -0.39 is 5.97 Å². The molecule has 1 aromatic heterocycles. The lowest BCUT2D eigenvalue weighted by Crippen LogP contribution is -2.44. The van der Waals surface area contributed by atoms with Crippen molar-refractivity contribution >= 4 is 12.0 Å². The third kappa shape index (κ3) is 5.09. The highest BCUT2D eigenvalue weighted by Crippen LogP contribution is 2.12. The smallest absolute Gasteiger partial charge is 0.317 e. The molecule has 0 radical (unpaired) electrons. The van der Waals surface area contributed by atoms with Gasteiger partial charge in [0.15, 0.2) is 0 Å². The number of urea groups is 1. The van der Waals surface area contributed by atoms with E-state index in [1.54, 1.807) is 11.8 Å². The first-order valence-corrected chi connectivity index (χ1v) is 7.01. The van der Waals surface area contributed by atoms with Gasteiger partial charge in [-0.25, -0.2) is 4.79 Å². The number of aromatic nitrogens is 1. The molecule has 2 N–H and O–H groups in total. The normalized spacial score (nSPS) is 10.7. The van der Waals surface area contributed by atoms with Crippen molar-refractivity contribution in [2.45, 2.75) is 53.1 Å². The van der Waals surface area contributed by atoms with Crippen LogP contribution in [0.15, 0.2) is 4.52 Å². The molecular formula is C14H23N3O4. The fraction of sp³-hybridized carbons (Fsp3) is 0.643. The first kappa shape index (κ1) is 17.0. The Morgan fingerprint density at radius 1 is 1.38 bits per heavy atom. The molecule has 1 rings (SSSR count). The zero-order valence-electron chi connectivity index (χ0n) is 13.0. The Hall–Kier alpha value is -2.05. The highest BCUT2D eigenvalue weighted by atomic mass is 16.5. The molecule has 0 atom stereocenters. The third-order valence-electron chi connectivity index (χ3n) is 3.27. The Morgan fingerprint density at radius 2 is 2.05 bits per heavy atom. The molecule has 0 bridgehead atoms. The van der Waals surface area contributed by atoms with Gasteiger partial charge in [-0.05, 0) is 34.1 Å². The van der Waals surface area contributed by atoms with Crippen molar-refractivity contribution in [2.75, 3.05) is 6.54 Å². The summed E-state index contributed by atoms with van der Waals surface area (Å²) in [6, 6.07) is -0.209. The minimum absolute atomic E-state index is 0.00321. The minimum Gasteiger partial charge on any atom is -0.481 e. The standard InChI is InChI=1S/C14H23N3O4/c1-9(2)17(7-5-6-13(18)19)14(20)15-8-12-10(3)16-21-11(12)4/h9H,5-8H2,1-4H3,(H,15,20)(H,18,19). The van der Waals surface area contributed by atoms with Gasteiger partial charge in [0.2, 0.25) is 0 Å². The van der Waals surface area contributed by atoms with Crippen molar-refractivity contribution < 1.29 is 19.2 Å². The van der Waals surface area contributed by atoms with Crippen LogP contribution in [0.4, 0.5) is 4.79 Å². The van der Waals surface area contributed by atoms with Gasteiger partial charge in [0.05, 0.1) is 5.69 Å². The quantitative estimate of drug-likeness (QED) is 0.803. The van der Waals surface area contributed by atoms with Crippen LogP contribution in [0, 0.1) is 13.8 Å². The average molecular weight is 297 g/mol. The van der Waals surface area contributed by atoms with Gasteiger partial charge < -0.3 is 19.8 Å². The van der Waals surface area contributed by atoms with Crippen molar-refractivity contribution in [2.24, 2.45) is 0 Å². The Balaban J connectivity index is 2.55. The maximum absolute atomic E-state index is 12.2. The monoisotopic (exact) mass is 297 g/mol. The molecule has 1 aromatic rings. The van der Waals surface area contributed by atoms with Gasteiger partial charge in [-0.15, -0.1) is 0 Å². The summed E-state index contributed by atoms with van der Waals surface area (Å²) in [5.74, 6) is -0.162. The number of rotatable bonds is 7.